The molecule has 7 heteroatoms. The molecule has 1 aromatic heterocycles. The summed E-state index contributed by atoms with van der Waals surface area (Å²) in [4.78, 5) is 18.9. The predicted octanol–water partition coefficient (Wildman–Crippen LogP) is 1.93. The second-order valence-electron chi connectivity index (χ2n) is 4.46. The second-order valence-corrected chi connectivity index (χ2v) is 4.46. The van der Waals surface area contributed by atoms with Gasteiger partial charge in [-0.3, -0.25) is 0 Å². The van der Waals surface area contributed by atoms with E-state index < -0.39 is 12.6 Å². The summed E-state index contributed by atoms with van der Waals surface area (Å²) in [5, 5.41) is 8.77. The summed E-state index contributed by atoms with van der Waals surface area (Å²) in [6.45, 7) is 1.48. The molecule has 0 saturated carbocycles. The maximum Gasteiger partial charge on any atom is 0.341 e. The highest BCUT2D eigenvalue weighted by Crippen LogP contribution is 2.36. The molecule has 0 aliphatic rings. The Morgan fingerprint density at radius 1 is 1.23 bits per heavy atom. The van der Waals surface area contributed by atoms with Crippen molar-refractivity contribution in [2.45, 2.75) is 6.92 Å². The molecule has 0 atom stereocenters. The highest BCUT2D eigenvalue weighted by Gasteiger charge is 2.16. The minimum absolute atomic E-state index is 0.182. The highest BCUT2D eigenvalue weighted by atomic mass is 16.5. The van der Waals surface area contributed by atoms with Gasteiger partial charge in [0.25, 0.3) is 0 Å². The fraction of sp³-hybridized carbons (Fsp3) is 0.267. The third kappa shape index (κ3) is 3.43. The lowest BCUT2D eigenvalue weighted by atomic mass is 10.0. The number of carboxylic acids is 1. The van der Waals surface area contributed by atoms with Crippen molar-refractivity contribution in [1.29, 1.82) is 0 Å². The van der Waals surface area contributed by atoms with Crippen molar-refractivity contribution in [3.05, 3.63) is 30.0 Å². The molecule has 0 fully saturated rings. The van der Waals surface area contributed by atoms with Crippen molar-refractivity contribution in [2.75, 3.05) is 20.8 Å². The van der Waals surface area contributed by atoms with Gasteiger partial charge in [0.05, 0.1) is 19.8 Å². The van der Waals surface area contributed by atoms with Gasteiger partial charge in [-0.15, -0.1) is 0 Å². The van der Waals surface area contributed by atoms with Crippen LogP contribution in [0.15, 0.2) is 24.4 Å². The number of benzene rings is 1. The Morgan fingerprint density at radius 3 is 2.64 bits per heavy atom. The molecule has 1 N–H and O–H groups in total. The first kappa shape index (κ1) is 15.6. The van der Waals surface area contributed by atoms with E-state index in [0.717, 1.165) is 5.56 Å². The van der Waals surface area contributed by atoms with Crippen LogP contribution >= 0.6 is 0 Å². The number of carbonyl (C=O) groups is 1. The van der Waals surface area contributed by atoms with E-state index in [4.69, 9.17) is 19.3 Å². The molecule has 0 radical (unpaired) electrons. The predicted molar refractivity (Wildman–Crippen MR) is 78.4 cm³/mol. The Kier molecular flexibility index (Phi) is 4.77. The van der Waals surface area contributed by atoms with Crippen molar-refractivity contribution >= 4 is 5.97 Å². The zero-order valence-electron chi connectivity index (χ0n) is 12.5. The molecule has 0 unspecified atom stereocenters. The molecule has 7 nitrogen and oxygen atoms in total. The first-order chi connectivity index (χ1) is 10.5. The van der Waals surface area contributed by atoms with Crippen LogP contribution in [0.5, 0.6) is 17.6 Å². The molecule has 0 saturated heterocycles. The van der Waals surface area contributed by atoms with Crippen molar-refractivity contribution in [1.82, 2.24) is 9.97 Å². The van der Waals surface area contributed by atoms with Crippen LogP contribution in [0.25, 0.3) is 11.1 Å². The molecule has 0 spiro atoms. The SMILES string of the molecule is COc1ncc(-c2cc(C)ccc2OCC(=O)O)c(OC)n1. The van der Waals surface area contributed by atoms with Gasteiger partial charge in [0.2, 0.25) is 5.88 Å². The van der Waals surface area contributed by atoms with Crippen LogP contribution in [0, 0.1) is 6.92 Å². The average molecular weight is 304 g/mol. The van der Waals surface area contributed by atoms with Crippen LogP contribution in [-0.2, 0) is 4.79 Å². The summed E-state index contributed by atoms with van der Waals surface area (Å²) in [5.74, 6) is -0.317. The Hall–Kier alpha value is -2.83. The molecule has 22 heavy (non-hydrogen) atoms. The van der Waals surface area contributed by atoms with Crippen molar-refractivity contribution in [2.24, 2.45) is 0 Å². The van der Waals surface area contributed by atoms with Crippen LogP contribution in [-0.4, -0.2) is 41.9 Å². The van der Waals surface area contributed by atoms with E-state index in [1.807, 2.05) is 19.1 Å². The first-order valence-corrected chi connectivity index (χ1v) is 6.45. The quantitative estimate of drug-likeness (QED) is 0.871. The maximum atomic E-state index is 10.7. The number of hydrogen-bond donors (Lipinski definition) is 1. The summed E-state index contributed by atoms with van der Waals surface area (Å²) >= 11 is 0. The zero-order valence-corrected chi connectivity index (χ0v) is 12.5. The average Bonchev–Trinajstić information content (AvgIpc) is 2.52. The van der Waals surface area contributed by atoms with Crippen LogP contribution in [0.1, 0.15) is 5.56 Å². The number of methoxy groups -OCH3 is 2. The molecule has 2 aromatic rings. The summed E-state index contributed by atoms with van der Waals surface area (Å²) in [6.07, 6.45) is 1.55. The number of ether oxygens (including phenoxy) is 3. The van der Waals surface area contributed by atoms with Crippen LogP contribution in [0.4, 0.5) is 0 Å². The third-order valence-corrected chi connectivity index (χ3v) is 2.88. The number of aliphatic carboxylic acids is 1. The van der Waals surface area contributed by atoms with Gasteiger partial charge < -0.3 is 19.3 Å². The van der Waals surface area contributed by atoms with Gasteiger partial charge in [-0.1, -0.05) is 11.6 Å². The van der Waals surface area contributed by atoms with E-state index in [2.05, 4.69) is 9.97 Å². The molecule has 116 valence electrons. The van der Waals surface area contributed by atoms with E-state index in [0.29, 0.717) is 22.8 Å². The molecule has 0 bridgehead atoms. The van der Waals surface area contributed by atoms with E-state index >= 15 is 0 Å². The minimum Gasteiger partial charge on any atom is -0.481 e. The summed E-state index contributed by atoms with van der Waals surface area (Å²) < 4.78 is 15.6. The van der Waals surface area contributed by atoms with Gasteiger partial charge in [-0.25, -0.2) is 9.78 Å². The summed E-state index contributed by atoms with van der Waals surface area (Å²) in [7, 11) is 2.95. The van der Waals surface area contributed by atoms with Crippen LogP contribution < -0.4 is 14.2 Å². The van der Waals surface area contributed by atoms with Gasteiger partial charge >= 0.3 is 12.0 Å². The normalized spacial score (nSPS) is 10.1. The Morgan fingerprint density at radius 2 is 2.00 bits per heavy atom. The third-order valence-electron chi connectivity index (χ3n) is 2.88. The van der Waals surface area contributed by atoms with Crippen molar-refractivity contribution < 1.29 is 24.1 Å². The smallest absolute Gasteiger partial charge is 0.341 e. The second kappa shape index (κ2) is 6.75. The van der Waals surface area contributed by atoms with Gasteiger partial charge in [0.15, 0.2) is 6.61 Å². The Balaban J connectivity index is 2.50. The first-order valence-electron chi connectivity index (χ1n) is 6.45. The van der Waals surface area contributed by atoms with Crippen molar-refractivity contribution in [3.63, 3.8) is 0 Å². The van der Waals surface area contributed by atoms with Crippen molar-refractivity contribution in [3.8, 4) is 28.8 Å². The van der Waals surface area contributed by atoms with Crippen LogP contribution in [0.3, 0.4) is 0 Å². The van der Waals surface area contributed by atoms with E-state index in [9.17, 15) is 4.79 Å². The number of nitrogens with zero attached hydrogens (tertiary/aromatic N) is 2. The monoisotopic (exact) mass is 304 g/mol. The Labute approximate surface area is 127 Å². The molecule has 1 heterocycles. The lowest BCUT2D eigenvalue weighted by molar-refractivity contribution is -0.139. The van der Waals surface area contributed by atoms with Crippen LogP contribution in [0.2, 0.25) is 0 Å². The van der Waals surface area contributed by atoms with Gasteiger partial charge in [-0.2, -0.15) is 4.98 Å². The summed E-state index contributed by atoms with van der Waals surface area (Å²) in [5.41, 5.74) is 2.23. The molecular weight excluding hydrogens is 288 g/mol. The molecule has 1 aromatic carbocycles. The van der Waals surface area contributed by atoms with Gasteiger partial charge in [-0.05, 0) is 19.1 Å². The summed E-state index contributed by atoms with van der Waals surface area (Å²) in [6, 6.07) is 5.57. The van der Waals surface area contributed by atoms with E-state index in [1.165, 1.54) is 14.2 Å². The maximum absolute atomic E-state index is 10.7. The number of aromatic nitrogens is 2. The number of hydrogen-bond acceptors (Lipinski definition) is 6. The molecule has 0 amide bonds. The van der Waals surface area contributed by atoms with Gasteiger partial charge in [0, 0.05) is 11.8 Å². The number of carboxylic acid groups (broad SMARTS) is 1. The number of aryl methyl sites for hydroxylation is 1. The fourth-order valence-corrected chi connectivity index (χ4v) is 1.91. The molecule has 2 rings (SSSR count). The molecule has 0 aliphatic carbocycles. The Bertz CT molecular complexity index is 688. The lowest BCUT2D eigenvalue weighted by Crippen LogP contribution is -2.10. The molecular formula is C15H16N2O5. The lowest BCUT2D eigenvalue weighted by Gasteiger charge is -2.13. The minimum atomic E-state index is -1.05. The van der Waals surface area contributed by atoms with E-state index in [-0.39, 0.29) is 6.01 Å². The van der Waals surface area contributed by atoms with Gasteiger partial charge in [0.1, 0.15) is 5.75 Å². The number of rotatable bonds is 6. The van der Waals surface area contributed by atoms with E-state index in [1.54, 1.807) is 12.3 Å². The fourth-order valence-electron chi connectivity index (χ4n) is 1.91. The standard InChI is InChI=1S/C15H16N2O5/c1-9-4-5-12(22-8-13(18)19)10(6-9)11-7-16-15(21-3)17-14(11)20-2/h4-7H,8H2,1-3H3,(H,18,19). The zero-order chi connectivity index (χ0) is 16.1. The topological polar surface area (TPSA) is 90.8 Å². The largest absolute Gasteiger partial charge is 0.481 e. The molecule has 0 aliphatic heterocycles. The highest BCUT2D eigenvalue weighted by molar-refractivity contribution is 5.75.